The molecule has 2 heteroatoms. The Balaban J connectivity index is 1.90. The SMILES string of the molecule is Cc1ccc(C[C@@H]2CC[C@H](CBr)O2)cc1. The molecule has 1 saturated heterocycles. The molecule has 0 amide bonds. The van der Waals surface area contributed by atoms with Crippen molar-refractivity contribution < 1.29 is 4.74 Å². The van der Waals surface area contributed by atoms with Crippen molar-refractivity contribution in [1.82, 2.24) is 0 Å². The topological polar surface area (TPSA) is 9.23 Å². The molecule has 1 aliphatic heterocycles. The van der Waals surface area contributed by atoms with Gasteiger partial charge in [0.1, 0.15) is 0 Å². The van der Waals surface area contributed by atoms with Crippen molar-refractivity contribution >= 4 is 15.9 Å². The van der Waals surface area contributed by atoms with Crippen LogP contribution in [0.4, 0.5) is 0 Å². The van der Waals surface area contributed by atoms with Gasteiger partial charge in [0.05, 0.1) is 12.2 Å². The van der Waals surface area contributed by atoms with Gasteiger partial charge < -0.3 is 4.74 Å². The molecule has 0 aromatic heterocycles. The fourth-order valence-electron chi connectivity index (χ4n) is 2.03. The van der Waals surface area contributed by atoms with E-state index in [9.17, 15) is 0 Å². The normalized spacial score (nSPS) is 25.7. The number of aryl methyl sites for hydroxylation is 1. The largest absolute Gasteiger partial charge is 0.374 e. The van der Waals surface area contributed by atoms with Crippen LogP contribution in [0.25, 0.3) is 0 Å². The van der Waals surface area contributed by atoms with Gasteiger partial charge >= 0.3 is 0 Å². The van der Waals surface area contributed by atoms with Gasteiger partial charge in [0, 0.05) is 5.33 Å². The van der Waals surface area contributed by atoms with E-state index in [2.05, 4.69) is 47.1 Å². The van der Waals surface area contributed by atoms with Crippen LogP contribution in [0.15, 0.2) is 24.3 Å². The molecule has 82 valence electrons. The molecule has 2 rings (SSSR count). The summed E-state index contributed by atoms with van der Waals surface area (Å²) in [7, 11) is 0. The van der Waals surface area contributed by atoms with Crippen LogP contribution in [-0.4, -0.2) is 17.5 Å². The van der Waals surface area contributed by atoms with Crippen LogP contribution in [0.5, 0.6) is 0 Å². The molecule has 0 saturated carbocycles. The maximum atomic E-state index is 5.90. The minimum atomic E-state index is 0.426. The first-order valence-corrected chi connectivity index (χ1v) is 6.67. The monoisotopic (exact) mass is 268 g/mol. The third-order valence-electron chi connectivity index (χ3n) is 2.95. The second-order valence-electron chi connectivity index (χ2n) is 4.30. The Kier molecular flexibility index (Phi) is 3.81. The van der Waals surface area contributed by atoms with Gasteiger partial charge in [-0.25, -0.2) is 0 Å². The van der Waals surface area contributed by atoms with E-state index in [1.807, 2.05) is 0 Å². The average Bonchev–Trinajstić information content (AvgIpc) is 2.69. The summed E-state index contributed by atoms with van der Waals surface area (Å²) in [6, 6.07) is 8.76. The van der Waals surface area contributed by atoms with Crippen molar-refractivity contribution in [1.29, 1.82) is 0 Å². The van der Waals surface area contributed by atoms with E-state index < -0.39 is 0 Å². The number of hydrogen-bond acceptors (Lipinski definition) is 1. The van der Waals surface area contributed by atoms with Crippen LogP contribution in [0.3, 0.4) is 0 Å². The first kappa shape index (κ1) is 11.2. The lowest BCUT2D eigenvalue weighted by Gasteiger charge is -2.12. The molecule has 2 atom stereocenters. The van der Waals surface area contributed by atoms with Gasteiger partial charge in [-0.3, -0.25) is 0 Å². The lowest BCUT2D eigenvalue weighted by Crippen LogP contribution is -2.14. The maximum Gasteiger partial charge on any atom is 0.0676 e. The molecule has 0 aliphatic carbocycles. The van der Waals surface area contributed by atoms with Crippen LogP contribution in [-0.2, 0) is 11.2 Å². The molecule has 1 aliphatic rings. The molecular weight excluding hydrogens is 252 g/mol. The smallest absolute Gasteiger partial charge is 0.0676 e. The minimum Gasteiger partial charge on any atom is -0.374 e. The molecule has 1 nitrogen and oxygen atoms in total. The van der Waals surface area contributed by atoms with E-state index in [4.69, 9.17) is 4.74 Å². The van der Waals surface area contributed by atoms with Gasteiger partial charge in [-0.05, 0) is 31.7 Å². The second-order valence-corrected chi connectivity index (χ2v) is 4.95. The minimum absolute atomic E-state index is 0.426. The third kappa shape index (κ3) is 3.05. The quantitative estimate of drug-likeness (QED) is 0.763. The number of hydrogen-bond donors (Lipinski definition) is 0. The van der Waals surface area contributed by atoms with Gasteiger partial charge in [0.15, 0.2) is 0 Å². The van der Waals surface area contributed by atoms with Crippen LogP contribution >= 0.6 is 15.9 Å². The molecule has 0 radical (unpaired) electrons. The first-order chi connectivity index (χ1) is 7.28. The summed E-state index contributed by atoms with van der Waals surface area (Å²) in [5.74, 6) is 0. The zero-order valence-corrected chi connectivity index (χ0v) is 10.7. The number of rotatable bonds is 3. The predicted molar refractivity (Wildman–Crippen MR) is 66.6 cm³/mol. The predicted octanol–water partition coefficient (Wildman–Crippen LogP) is 3.48. The maximum absolute atomic E-state index is 5.90. The Morgan fingerprint density at radius 2 is 1.87 bits per heavy atom. The molecule has 1 heterocycles. The second kappa shape index (κ2) is 5.13. The van der Waals surface area contributed by atoms with E-state index >= 15 is 0 Å². The van der Waals surface area contributed by atoms with Crippen molar-refractivity contribution in [3.63, 3.8) is 0 Å². The molecule has 0 N–H and O–H groups in total. The summed E-state index contributed by atoms with van der Waals surface area (Å²) in [4.78, 5) is 0. The number of ether oxygens (including phenoxy) is 1. The summed E-state index contributed by atoms with van der Waals surface area (Å²) in [6.45, 7) is 2.12. The molecule has 0 unspecified atom stereocenters. The lowest BCUT2D eigenvalue weighted by atomic mass is 10.0. The van der Waals surface area contributed by atoms with E-state index in [0.29, 0.717) is 12.2 Å². The highest BCUT2D eigenvalue weighted by Gasteiger charge is 2.24. The lowest BCUT2D eigenvalue weighted by molar-refractivity contribution is 0.0596. The summed E-state index contributed by atoms with van der Waals surface area (Å²) >= 11 is 3.47. The highest BCUT2D eigenvalue weighted by atomic mass is 79.9. The fourth-order valence-corrected chi connectivity index (χ4v) is 2.51. The summed E-state index contributed by atoms with van der Waals surface area (Å²) in [5.41, 5.74) is 2.71. The van der Waals surface area contributed by atoms with Gasteiger partial charge in [0.25, 0.3) is 0 Å². The van der Waals surface area contributed by atoms with Gasteiger partial charge in [-0.1, -0.05) is 45.8 Å². The summed E-state index contributed by atoms with van der Waals surface area (Å²) < 4.78 is 5.90. The first-order valence-electron chi connectivity index (χ1n) is 5.55. The molecule has 0 bridgehead atoms. The van der Waals surface area contributed by atoms with E-state index in [1.165, 1.54) is 24.0 Å². The Morgan fingerprint density at radius 1 is 1.20 bits per heavy atom. The number of benzene rings is 1. The zero-order valence-electron chi connectivity index (χ0n) is 9.08. The summed E-state index contributed by atoms with van der Waals surface area (Å²) in [5, 5.41) is 0.970. The van der Waals surface area contributed by atoms with Crippen LogP contribution in [0.2, 0.25) is 0 Å². The number of alkyl halides is 1. The van der Waals surface area contributed by atoms with E-state index in [0.717, 1.165) is 11.8 Å². The zero-order chi connectivity index (χ0) is 10.7. The molecule has 1 fully saturated rings. The van der Waals surface area contributed by atoms with E-state index in [-0.39, 0.29) is 0 Å². The van der Waals surface area contributed by atoms with Gasteiger partial charge in [0.2, 0.25) is 0 Å². The molecule has 15 heavy (non-hydrogen) atoms. The Morgan fingerprint density at radius 3 is 2.47 bits per heavy atom. The van der Waals surface area contributed by atoms with Gasteiger partial charge in [-0.15, -0.1) is 0 Å². The van der Waals surface area contributed by atoms with E-state index in [1.54, 1.807) is 0 Å². The molecule has 1 aromatic carbocycles. The van der Waals surface area contributed by atoms with Crippen molar-refractivity contribution in [2.45, 2.75) is 38.4 Å². The van der Waals surface area contributed by atoms with Crippen molar-refractivity contribution in [2.24, 2.45) is 0 Å². The van der Waals surface area contributed by atoms with Crippen molar-refractivity contribution in [3.05, 3.63) is 35.4 Å². The Bertz CT molecular complexity index is 307. The molecule has 0 spiro atoms. The van der Waals surface area contributed by atoms with Crippen molar-refractivity contribution in [3.8, 4) is 0 Å². The fraction of sp³-hybridized carbons (Fsp3) is 0.538. The Labute approximate surface area is 100.0 Å². The van der Waals surface area contributed by atoms with Crippen LogP contribution in [0, 0.1) is 6.92 Å². The highest BCUT2D eigenvalue weighted by Crippen LogP contribution is 2.23. The molecular formula is C13H17BrO. The average molecular weight is 269 g/mol. The summed E-state index contributed by atoms with van der Waals surface area (Å²) in [6.07, 6.45) is 4.31. The highest BCUT2D eigenvalue weighted by molar-refractivity contribution is 9.09. The van der Waals surface area contributed by atoms with Gasteiger partial charge in [-0.2, -0.15) is 0 Å². The van der Waals surface area contributed by atoms with Crippen LogP contribution in [0.1, 0.15) is 24.0 Å². The number of halogens is 1. The van der Waals surface area contributed by atoms with Crippen molar-refractivity contribution in [2.75, 3.05) is 5.33 Å². The molecule has 1 aromatic rings. The standard InChI is InChI=1S/C13H17BrO/c1-10-2-4-11(5-3-10)8-12-6-7-13(9-14)15-12/h2-5,12-13H,6-9H2,1H3/t12-,13+/m0/s1. The van der Waals surface area contributed by atoms with Crippen LogP contribution < -0.4 is 0 Å². The third-order valence-corrected chi connectivity index (χ3v) is 3.67. The Hall–Kier alpha value is -0.340.